The number of rotatable bonds is 8. The molecule has 2 aliphatic rings. The van der Waals surface area contributed by atoms with Crippen LogP contribution in [0.2, 0.25) is 0 Å². The molecule has 188 valence electrons. The van der Waals surface area contributed by atoms with E-state index in [0.29, 0.717) is 25.1 Å². The number of nitrogens with one attached hydrogen (secondary N) is 1. The van der Waals surface area contributed by atoms with Gasteiger partial charge in [-0.25, -0.2) is 9.59 Å². The molecule has 1 unspecified atom stereocenters. The summed E-state index contributed by atoms with van der Waals surface area (Å²) in [6, 6.07) is 8.62. The number of hydrogen-bond acceptors (Lipinski definition) is 4. The molecule has 0 bridgehead atoms. The molecule has 1 aromatic carbocycles. The van der Waals surface area contributed by atoms with Gasteiger partial charge in [0, 0.05) is 12.1 Å². The maximum atomic E-state index is 13.4. The van der Waals surface area contributed by atoms with E-state index in [4.69, 9.17) is 4.74 Å². The van der Waals surface area contributed by atoms with Crippen molar-refractivity contribution in [3.63, 3.8) is 0 Å². The molecule has 1 atom stereocenters. The summed E-state index contributed by atoms with van der Waals surface area (Å²) in [7, 11) is 0. The molecule has 7 nitrogen and oxygen atoms in total. The van der Waals surface area contributed by atoms with Crippen molar-refractivity contribution >= 4 is 18.0 Å². The van der Waals surface area contributed by atoms with Crippen LogP contribution in [0.3, 0.4) is 0 Å². The zero-order valence-electron chi connectivity index (χ0n) is 21.5. The molecule has 0 radical (unpaired) electrons. The summed E-state index contributed by atoms with van der Waals surface area (Å²) in [6.07, 6.45) is 7.53. The molecule has 0 saturated carbocycles. The second kappa shape index (κ2) is 10.4. The lowest BCUT2D eigenvalue weighted by molar-refractivity contribution is -0.139. The van der Waals surface area contributed by atoms with Crippen LogP contribution in [0.5, 0.6) is 5.75 Å². The van der Waals surface area contributed by atoms with E-state index in [-0.39, 0.29) is 18.4 Å². The molecule has 34 heavy (non-hydrogen) atoms. The number of hydrogen-bond donors (Lipinski definition) is 1. The smallest absolute Gasteiger partial charge is 0.410 e. The maximum absolute atomic E-state index is 13.4. The number of likely N-dealkylation sites (tertiary alicyclic amines) is 1. The number of amides is 4. The van der Waals surface area contributed by atoms with Crippen molar-refractivity contribution < 1.29 is 19.1 Å². The van der Waals surface area contributed by atoms with E-state index < -0.39 is 22.7 Å². The lowest BCUT2D eigenvalue weighted by Gasteiger charge is -2.62. The number of urea groups is 1. The first-order valence-corrected chi connectivity index (χ1v) is 12.7. The highest BCUT2D eigenvalue weighted by atomic mass is 16.6. The number of carbonyl (C=O) groups is 3. The van der Waals surface area contributed by atoms with Crippen molar-refractivity contribution in [3.05, 3.63) is 30.3 Å². The van der Waals surface area contributed by atoms with E-state index in [1.54, 1.807) is 17.0 Å². The fourth-order valence-electron chi connectivity index (χ4n) is 5.60. The van der Waals surface area contributed by atoms with Gasteiger partial charge in [-0.15, -0.1) is 0 Å². The Morgan fingerprint density at radius 2 is 1.62 bits per heavy atom. The van der Waals surface area contributed by atoms with Crippen LogP contribution >= 0.6 is 0 Å². The molecule has 7 heteroatoms. The van der Waals surface area contributed by atoms with Gasteiger partial charge in [0.2, 0.25) is 5.91 Å². The number of unbranched alkanes of at least 4 members (excludes halogenated alkanes) is 5. The van der Waals surface area contributed by atoms with Crippen LogP contribution in [0, 0.1) is 0 Å². The number of ether oxygens (including phenoxy) is 1. The molecule has 1 spiro atoms. The van der Waals surface area contributed by atoms with Crippen molar-refractivity contribution in [2.75, 3.05) is 6.54 Å². The SMILES string of the molecule is CCCCCCCCN1C(=O)CC2(CCC(C)(C)N(C(=O)Oc3ccccc3)C2(C)C)NC1=O. The third-order valence-corrected chi connectivity index (χ3v) is 7.71. The van der Waals surface area contributed by atoms with Gasteiger partial charge in [-0.3, -0.25) is 14.6 Å². The van der Waals surface area contributed by atoms with Crippen molar-refractivity contribution in [2.45, 2.75) is 109 Å². The van der Waals surface area contributed by atoms with Crippen LogP contribution < -0.4 is 10.1 Å². The molecule has 1 aromatic rings. The first-order chi connectivity index (χ1) is 16.0. The minimum atomic E-state index is -0.843. The highest BCUT2D eigenvalue weighted by molar-refractivity contribution is 5.98. The highest BCUT2D eigenvalue weighted by Crippen LogP contribution is 2.48. The third-order valence-electron chi connectivity index (χ3n) is 7.71. The zero-order valence-corrected chi connectivity index (χ0v) is 21.5. The minimum Gasteiger partial charge on any atom is -0.410 e. The number of para-hydroxylation sites is 1. The maximum Gasteiger partial charge on any atom is 0.416 e. The van der Waals surface area contributed by atoms with Crippen LogP contribution in [-0.2, 0) is 4.79 Å². The predicted molar refractivity (Wildman–Crippen MR) is 133 cm³/mol. The minimum absolute atomic E-state index is 0.165. The van der Waals surface area contributed by atoms with Gasteiger partial charge in [0.15, 0.2) is 0 Å². The summed E-state index contributed by atoms with van der Waals surface area (Å²) >= 11 is 0. The summed E-state index contributed by atoms with van der Waals surface area (Å²) in [4.78, 5) is 42.8. The summed E-state index contributed by atoms with van der Waals surface area (Å²) in [5.74, 6) is 0.300. The zero-order chi connectivity index (χ0) is 25.0. The fourth-order valence-corrected chi connectivity index (χ4v) is 5.60. The molecule has 0 aromatic heterocycles. The molecule has 1 N–H and O–H groups in total. The van der Waals surface area contributed by atoms with Crippen LogP contribution in [0.15, 0.2) is 30.3 Å². The van der Waals surface area contributed by atoms with Crippen molar-refractivity contribution in [1.82, 2.24) is 15.1 Å². The Hall–Kier alpha value is -2.57. The molecule has 3 rings (SSSR count). The van der Waals surface area contributed by atoms with E-state index in [2.05, 4.69) is 12.2 Å². The number of imide groups is 1. The van der Waals surface area contributed by atoms with Gasteiger partial charge in [-0.05, 0) is 59.1 Å². The van der Waals surface area contributed by atoms with Crippen molar-refractivity contribution in [1.29, 1.82) is 0 Å². The largest absolute Gasteiger partial charge is 0.416 e. The number of benzene rings is 1. The summed E-state index contributed by atoms with van der Waals surface area (Å²) < 4.78 is 5.71. The Labute approximate surface area is 204 Å². The molecule has 4 amide bonds. The lowest BCUT2D eigenvalue weighted by Crippen LogP contribution is -2.79. The van der Waals surface area contributed by atoms with Gasteiger partial charge in [0.25, 0.3) is 0 Å². The molecule has 2 aliphatic heterocycles. The van der Waals surface area contributed by atoms with Gasteiger partial charge in [0.05, 0.1) is 17.5 Å². The molecular formula is C27H41N3O4. The van der Waals surface area contributed by atoms with Crippen LogP contribution in [0.1, 0.15) is 92.4 Å². The van der Waals surface area contributed by atoms with Gasteiger partial charge in [-0.1, -0.05) is 57.2 Å². The molecule has 2 saturated heterocycles. The van der Waals surface area contributed by atoms with E-state index >= 15 is 0 Å². The van der Waals surface area contributed by atoms with E-state index in [1.807, 2.05) is 45.9 Å². The van der Waals surface area contributed by atoms with Gasteiger partial charge >= 0.3 is 12.1 Å². The highest BCUT2D eigenvalue weighted by Gasteiger charge is 2.62. The standard InChI is InChI=1S/C27H41N3O4/c1-6-7-8-9-10-14-19-29-22(31)20-27(28-23(29)32)18-17-25(2,3)30(26(27,4)5)24(33)34-21-15-12-11-13-16-21/h11-13,15-16H,6-10,14,17-20H2,1-5H3,(H,28,32). The third kappa shape index (κ3) is 5.23. The Balaban J connectivity index is 1.74. The predicted octanol–water partition coefficient (Wildman–Crippen LogP) is 5.88. The van der Waals surface area contributed by atoms with Gasteiger partial charge in [-0.2, -0.15) is 0 Å². The fraction of sp³-hybridized carbons (Fsp3) is 0.667. The van der Waals surface area contributed by atoms with Crippen LogP contribution in [-0.4, -0.2) is 51.0 Å². The Kier molecular flexibility index (Phi) is 7.94. The van der Waals surface area contributed by atoms with Crippen molar-refractivity contribution in [2.24, 2.45) is 0 Å². The summed E-state index contributed by atoms with van der Waals surface area (Å²) in [6.45, 7) is 10.5. The average Bonchev–Trinajstić information content (AvgIpc) is 2.75. The molecule has 0 aliphatic carbocycles. The number of nitrogens with zero attached hydrogens (tertiary/aromatic N) is 2. The summed E-state index contributed by atoms with van der Waals surface area (Å²) in [5.41, 5.74) is -2.17. The van der Waals surface area contributed by atoms with Crippen LogP contribution in [0.4, 0.5) is 9.59 Å². The Bertz CT molecular complexity index is 863. The Morgan fingerprint density at radius 1 is 0.971 bits per heavy atom. The van der Waals surface area contributed by atoms with Gasteiger partial charge < -0.3 is 10.1 Å². The average molecular weight is 472 g/mol. The second-order valence-corrected chi connectivity index (χ2v) is 10.9. The Morgan fingerprint density at radius 3 is 2.26 bits per heavy atom. The van der Waals surface area contributed by atoms with Crippen molar-refractivity contribution in [3.8, 4) is 5.75 Å². The molecule has 2 fully saturated rings. The quantitative estimate of drug-likeness (QED) is 0.480. The number of carbonyl (C=O) groups excluding carboxylic acids is 3. The molecule has 2 heterocycles. The topological polar surface area (TPSA) is 79.0 Å². The van der Waals surface area contributed by atoms with Gasteiger partial charge in [0.1, 0.15) is 5.75 Å². The first kappa shape index (κ1) is 26.0. The second-order valence-electron chi connectivity index (χ2n) is 10.9. The first-order valence-electron chi connectivity index (χ1n) is 12.7. The van der Waals surface area contributed by atoms with Crippen LogP contribution in [0.25, 0.3) is 0 Å². The summed E-state index contributed by atoms with van der Waals surface area (Å²) in [5, 5.41) is 3.17. The normalized spacial score (nSPS) is 23.7. The monoisotopic (exact) mass is 471 g/mol. The van der Waals surface area contributed by atoms with E-state index in [1.165, 1.54) is 24.2 Å². The lowest BCUT2D eigenvalue weighted by atomic mass is 9.64. The van der Waals surface area contributed by atoms with E-state index in [0.717, 1.165) is 19.3 Å². The van der Waals surface area contributed by atoms with E-state index in [9.17, 15) is 14.4 Å². The number of piperidine rings is 1. The molecular weight excluding hydrogens is 430 g/mol.